The van der Waals surface area contributed by atoms with Crippen molar-refractivity contribution in [2.24, 2.45) is 11.8 Å². The Morgan fingerprint density at radius 2 is 1.67 bits per heavy atom. The number of nitrogens with one attached hydrogen (secondary N) is 3. The fourth-order valence-corrected chi connectivity index (χ4v) is 6.85. The highest BCUT2D eigenvalue weighted by Gasteiger charge is 2.28. The number of aromatic nitrogens is 1. The van der Waals surface area contributed by atoms with E-state index in [2.05, 4.69) is 20.6 Å². The molecule has 1 saturated carbocycles. The van der Waals surface area contributed by atoms with Crippen LogP contribution >= 0.6 is 11.3 Å². The van der Waals surface area contributed by atoms with Gasteiger partial charge in [-0.2, -0.15) is 0 Å². The van der Waals surface area contributed by atoms with Gasteiger partial charge in [-0.05, 0) is 61.3 Å². The summed E-state index contributed by atoms with van der Waals surface area (Å²) in [5.74, 6) is -0.636. The Hall–Kier alpha value is -3.34. The number of rotatable bonds is 6. The largest absolute Gasteiger partial charge is 0.279 e. The second-order valence-electron chi connectivity index (χ2n) is 8.99. The van der Waals surface area contributed by atoms with Crippen LogP contribution in [0.25, 0.3) is 21.0 Å². The molecule has 0 atom stereocenters. The van der Waals surface area contributed by atoms with Crippen molar-refractivity contribution in [2.75, 3.05) is 6.54 Å². The highest BCUT2D eigenvalue weighted by atomic mass is 32.2. The maximum Gasteiger partial charge on any atom is 0.279 e. The van der Waals surface area contributed by atoms with Crippen LogP contribution < -0.4 is 15.6 Å². The molecular weight excluding hydrogens is 496 g/mol. The molecule has 2 heterocycles. The summed E-state index contributed by atoms with van der Waals surface area (Å²) in [6.07, 6.45) is 4.29. The Balaban J connectivity index is 1.10. The standard InChI is InChI=1S/C26H26N4O4S2/c31-25(29-30-26(32)22-15-20-5-1-2-8-21(20)35-22)19-12-10-17(11-13-19)16-28-36(33,34)23-9-3-6-18-7-4-14-27-24(18)23/h1-9,14-15,17,19,28H,10-13,16H2,(H,29,31)(H,30,32). The number of thiophene rings is 1. The molecule has 1 aliphatic carbocycles. The quantitative estimate of drug-likeness (QED) is 0.331. The van der Waals surface area contributed by atoms with Gasteiger partial charge in [-0.1, -0.05) is 36.4 Å². The van der Waals surface area contributed by atoms with Gasteiger partial charge in [0.05, 0.1) is 10.4 Å². The van der Waals surface area contributed by atoms with Crippen LogP contribution in [-0.2, 0) is 14.8 Å². The number of pyridine rings is 1. The number of para-hydroxylation sites is 1. The summed E-state index contributed by atoms with van der Waals surface area (Å²) < 4.78 is 29.6. The van der Waals surface area contributed by atoms with E-state index in [-0.39, 0.29) is 28.5 Å². The van der Waals surface area contributed by atoms with Crippen LogP contribution in [0.4, 0.5) is 0 Å². The van der Waals surface area contributed by atoms with E-state index in [1.54, 1.807) is 24.4 Å². The number of fused-ring (bicyclic) bond motifs is 2. The smallest absolute Gasteiger partial charge is 0.273 e. The van der Waals surface area contributed by atoms with Crippen LogP contribution in [-0.4, -0.2) is 31.8 Å². The number of hydrogen-bond acceptors (Lipinski definition) is 6. The maximum atomic E-state index is 12.9. The van der Waals surface area contributed by atoms with E-state index in [4.69, 9.17) is 0 Å². The van der Waals surface area contributed by atoms with Crippen molar-refractivity contribution in [3.63, 3.8) is 0 Å². The van der Waals surface area contributed by atoms with E-state index in [1.165, 1.54) is 11.3 Å². The molecule has 5 rings (SSSR count). The fourth-order valence-electron chi connectivity index (χ4n) is 4.60. The zero-order valence-corrected chi connectivity index (χ0v) is 21.1. The van der Waals surface area contributed by atoms with Crippen LogP contribution in [0.5, 0.6) is 0 Å². The average molecular weight is 523 g/mol. The third kappa shape index (κ3) is 5.25. The number of carbonyl (C=O) groups excluding carboxylic acids is 2. The van der Waals surface area contributed by atoms with E-state index in [9.17, 15) is 18.0 Å². The predicted octanol–water partition coefficient (Wildman–Crippen LogP) is 4.00. The number of hydrazine groups is 1. The van der Waals surface area contributed by atoms with Gasteiger partial charge in [-0.3, -0.25) is 25.4 Å². The first kappa shape index (κ1) is 24.4. The highest BCUT2D eigenvalue weighted by molar-refractivity contribution is 7.89. The minimum Gasteiger partial charge on any atom is -0.273 e. The van der Waals surface area contributed by atoms with Crippen molar-refractivity contribution in [1.82, 2.24) is 20.6 Å². The molecule has 8 nitrogen and oxygen atoms in total. The Morgan fingerprint density at radius 1 is 0.917 bits per heavy atom. The first-order chi connectivity index (χ1) is 17.4. The predicted molar refractivity (Wildman–Crippen MR) is 140 cm³/mol. The summed E-state index contributed by atoms with van der Waals surface area (Å²) in [7, 11) is -3.71. The van der Waals surface area contributed by atoms with Gasteiger partial charge in [0.1, 0.15) is 4.90 Å². The third-order valence-electron chi connectivity index (χ3n) is 6.61. The monoisotopic (exact) mass is 522 g/mol. The molecule has 0 spiro atoms. The lowest BCUT2D eigenvalue weighted by Gasteiger charge is -2.27. The highest BCUT2D eigenvalue weighted by Crippen LogP contribution is 2.29. The lowest BCUT2D eigenvalue weighted by atomic mass is 9.82. The first-order valence-corrected chi connectivity index (χ1v) is 14.1. The van der Waals surface area contributed by atoms with Crippen LogP contribution in [0.3, 0.4) is 0 Å². The van der Waals surface area contributed by atoms with Gasteiger partial charge >= 0.3 is 0 Å². The Kier molecular flexibility index (Phi) is 6.99. The van der Waals surface area contributed by atoms with Gasteiger partial charge in [0.2, 0.25) is 15.9 Å². The van der Waals surface area contributed by atoms with Crippen molar-refractivity contribution >= 4 is 54.2 Å². The van der Waals surface area contributed by atoms with Gasteiger partial charge < -0.3 is 0 Å². The van der Waals surface area contributed by atoms with Crippen molar-refractivity contribution < 1.29 is 18.0 Å². The van der Waals surface area contributed by atoms with Crippen LogP contribution in [0.15, 0.2) is 71.8 Å². The summed E-state index contributed by atoms with van der Waals surface area (Å²) in [5, 5.41) is 1.76. The minimum atomic E-state index is -3.71. The van der Waals surface area contributed by atoms with Gasteiger partial charge in [0.25, 0.3) is 5.91 Å². The summed E-state index contributed by atoms with van der Waals surface area (Å²) in [6.45, 7) is 0.308. The summed E-state index contributed by atoms with van der Waals surface area (Å²) in [5.41, 5.74) is 5.52. The molecule has 0 saturated heterocycles. The minimum absolute atomic E-state index is 0.139. The molecule has 3 N–H and O–H groups in total. The van der Waals surface area contributed by atoms with Crippen molar-refractivity contribution in [2.45, 2.75) is 30.6 Å². The Morgan fingerprint density at radius 3 is 2.47 bits per heavy atom. The van der Waals surface area contributed by atoms with E-state index < -0.39 is 10.0 Å². The first-order valence-electron chi connectivity index (χ1n) is 11.8. The lowest BCUT2D eigenvalue weighted by molar-refractivity contribution is -0.127. The molecule has 2 aromatic carbocycles. The Labute approximate surface area is 213 Å². The van der Waals surface area contributed by atoms with E-state index in [0.717, 1.165) is 28.3 Å². The molecule has 2 amide bonds. The number of nitrogens with zero attached hydrogens (tertiary/aromatic N) is 1. The van der Waals surface area contributed by atoms with Crippen LogP contribution in [0.2, 0.25) is 0 Å². The molecule has 0 radical (unpaired) electrons. The van der Waals surface area contributed by atoms with Crippen LogP contribution in [0, 0.1) is 11.8 Å². The normalized spacial score (nSPS) is 18.2. The number of sulfonamides is 1. The van der Waals surface area contributed by atoms with E-state index >= 15 is 0 Å². The molecule has 10 heteroatoms. The molecule has 1 fully saturated rings. The maximum absolute atomic E-state index is 12.9. The summed E-state index contributed by atoms with van der Waals surface area (Å²) in [6, 6.07) is 18.3. The SMILES string of the molecule is O=C(NNC(=O)C1CCC(CNS(=O)(=O)c2cccc3cccnc23)CC1)c1cc2ccccc2s1. The second-order valence-corrected chi connectivity index (χ2v) is 11.8. The fraction of sp³-hybridized carbons (Fsp3) is 0.269. The average Bonchev–Trinajstić information content (AvgIpc) is 3.35. The Bertz CT molecular complexity index is 1490. The van der Waals surface area contributed by atoms with E-state index in [1.807, 2.05) is 42.5 Å². The molecule has 0 aliphatic heterocycles. The zero-order valence-electron chi connectivity index (χ0n) is 19.4. The molecule has 2 aromatic heterocycles. The lowest BCUT2D eigenvalue weighted by Crippen LogP contribution is -2.45. The van der Waals surface area contributed by atoms with Crippen molar-refractivity contribution in [3.05, 3.63) is 71.7 Å². The number of carbonyl (C=O) groups is 2. The van der Waals surface area contributed by atoms with Gasteiger partial charge in [0.15, 0.2) is 0 Å². The number of amides is 2. The topological polar surface area (TPSA) is 117 Å². The number of hydrogen-bond donors (Lipinski definition) is 3. The van der Waals surface area contributed by atoms with E-state index in [0.29, 0.717) is 29.8 Å². The van der Waals surface area contributed by atoms with Crippen molar-refractivity contribution in [3.8, 4) is 0 Å². The zero-order chi connectivity index (χ0) is 25.1. The molecule has 186 valence electrons. The van der Waals surface area contributed by atoms with Crippen molar-refractivity contribution in [1.29, 1.82) is 0 Å². The molecule has 36 heavy (non-hydrogen) atoms. The third-order valence-corrected chi connectivity index (χ3v) is 9.18. The second kappa shape index (κ2) is 10.3. The summed E-state index contributed by atoms with van der Waals surface area (Å²) >= 11 is 1.38. The number of benzene rings is 2. The van der Waals surface area contributed by atoms with Crippen LogP contribution in [0.1, 0.15) is 35.4 Å². The molecular formula is C26H26N4O4S2. The van der Waals surface area contributed by atoms with Gasteiger partial charge in [-0.25, -0.2) is 13.1 Å². The summed E-state index contributed by atoms with van der Waals surface area (Å²) in [4.78, 5) is 30.0. The molecule has 1 aliphatic rings. The molecule has 4 aromatic rings. The van der Waals surface area contributed by atoms with Gasteiger partial charge in [0, 0.05) is 28.7 Å². The molecule has 0 bridgehead atoms. The molecule has 0 unspecified atom stereocenters. The van der Waals surface area contributed by atoms with Gasteiger partial charge in [-0.15, -0.1) is 11.3 Å².